The van der Waals surface area contributed by atoms with E-state index in [1.54, 1.807) is 0 Å². The summed E-state index contributed by atoms with van der Waals surface area (Å²) in [5.41, 5.74) is 2.18. The van der Waals surface area contributed by atoms with Gasteiger partial charge in [-0.2, -0.15) is 4.98 Å². The van der Waals surface area contributed by atoms with Crippen LogP contribution in [0.25, 0.3) is 11.4 Å². The number of hydrogen-bond acceptors (Lipinski definition) is 4. The zero-order valence-corrected chi connectivity index (χ0v) is 14.2. The second-order valence-electron chi connectivity index (χ2n) is 6.11. The first kappa shape index (κ1) is 17.1. The molecule has 0 radical (unpaired) electrons. The van der Waals surface area contributed by atoms with Crippen molar-refractivity contribution in [2.75, 3.05) is 0 Å². The van der Waals surface area contributed by atoms with Crippen LogP contribution >= 0.6 is 0 Å². The number of benzene rings is 2. The zero-order chi connectivity index (χ0) is 18.0. The standard InChI is InChI=1S/C19H18F2N2O2/c1-11(2)24-17-5-4-14(6-12(17)3)19-22-18(25-23-19)9-13-7-15(20)10-16(21)8-13/h4-8,10-11H,9H2,1-3H3. The Morgan fingerprint density at radius 1 is 1.08 bits per heavy atom. The summed E-state index contributed by atoms with van der Waals surface area (Å²) in [7, 11) is 0. The maximum absolute atomic E-state index is 13.3. The van der Waals surface area contributed by atoms with Gasteiger partial charge < -0.3 is 9.26 Å². The number of aromatic nitrogens is 2. The van der Waals surface area contributed by atoms with E-state index in [0.717, 1.165) is 22.9 Å². The molecule has 0 saturated carbocycles. The minimum atomic E-state index is -0.633. The molecule has 0 atom stereocenters. The summed E-state index contributed by atoms with van der Waals surface area (Å²) >= 11 is 0. The van der Waals surface area contributed by atoms with Gasteiger partial charge in [-0.25, -0.2) is 8.78 Å². The Morgan fingerprint density at radius 3 is 2.44 bits per heavy atom. The first-order chi connectivity index (χ1) is 11.9. The van der Waals surface area contributed by atoms with E-state index in [1.165, 1.54) is 12.1 Å². The molecule has 25 heavy (non-hydrogen) atoms. The molecular weight excluding hydrogens is 326 g/mol. The normalized spacial score (nSPS) is 11.1. The molecule has 3 rings (SSSR count). The second kappa shape index (κ2) is 7.01. The Kier molecular flexibility index (Phi) is 4.79. The van der Waals surface area contributed by atoms with Gasteiger partial charge in [0.1, 0.15) is 17.4 Å². The van der Waals surface area contributed by atoms with E-state index < -0.39 is 11.6 Å². The van der Waals surface area contributed by atoms with Gasteiger partial charge in [-0.3, -0.25) is 0 Å². The van der Waals surface area contributed by atoms with Crippen molar-refractivity contribution < 1.29 is 18.0 Å². The predicted molar refractivity (Wildman–Crippen MR) is 89.4 cm³/mol. The Labute approximate surface area is 144 Å². The van der Waals surface area contributed by atoms with Gasteiger partial charge in [0, 0.05) is 11.6 Å². The van der Waals surface area contributed by atoms with Crippen LogP contribution in [0.4, 0.5) is 8.78 Å². The van der Waals surface area contributed by atoms with Crippen molar-refractivity contribution in [3.8, 4) is 17.1 Å². The first-order valence-electron chi connectivity index (χ1n) is 7.96. The number of rotatable bonds is 5. The van der Waals surface area contributed by atoms with Crippen molar-refractivity contribution >= 4 is 0 Å². The molecule has 4 nitrogen and oxygen atoms in total. The molecule has 1 aromatic heterocycles. The maximum atomic E-state index is 13.3. The van der Waals surface area contributed by atoms with Crippen molar-refractivity contribution in [1.29, 1.82) is 0 Å². The number of nitrogens with zero attached hydrogens (tertiary/aromatic N) is 2. The average Bonchev–Trinajstić information content (AvgIpc) is 2.96. The highest BCUT2D eigenvalue weighted by atomic mass is 19.1. The monoisotopic (exact) mass is 344 g/mol. The van der Waals surface area contributed by atoms with Gasteiger partial charge >= 0.3 is 0 Å². The molecule has 130 valence electrons. The summed E-state index contributed by atoms with van der Waals surface area (Å²) in [6, 6.07) is 8.94. The van der Waals surface area contributed by atoms with Crippen molar-refractivity contribution in [3.05, 3.63) is 65.1 Å². The van der Waals surface area contributed by atoms with Gasteiger partial charge in [0.25, 0.3) is 0 Å². The van der Waals surface area contributed by atoms with Gasteiger partial charge in [0.2, 0.25) is 11.7 Å². The first-order valence-corrected chi connectivity index (χ1v) is 7.96. The van der Waals surface area contributed by atoms with E-state index in [9.17, 15) is 8.78 Å². The predicted octanol–water partition coefficient (Wildman–Crippen LogP) is 4.70. The smallest absolute Gasteiger partial charge is 0.231 e. The zero-order valence-electron chi connectivity index (χ0n) is 14.2. The molecule has 0 saturated heterocycles. The van der Waals surface area contributed by atoms with Gasteiger partial charge in [0.15, 0.2) is 0 Å². The SMILES string of the molecule is Cc1cc(-c2noc(Cc3cc(F)cc(F)c3)n2)ccc1OC(C)C. The van der Waals surface area contributed by atoms with E-state index >= 15 is 0 Å². The minimum absolute atomic E-state index is 0.0907. The van der Waals surface area contributed by atoms with Crippen LogP contribution < -0.4 is 4.74 Å². The minimum Gasteiger partial charge on any atom is -0.491 e. The highest BCUT2D eigenvalue weighted by molar-refractivity contribution is 5.58. The molecule has 0 fully saturated rings. The van der Waals surface area contributed by atoms with Crippen LogP contribution in [0.15, 0.2) is 40.9 Å². The molecule has 0 N–H and O–H groups in total. The third-order valence-electron chi connectivity index (χ3n) is 3.54. The highest BCUT2D eigenvalue weighted by Crippen LogP contribution is 2.25. The van der Waals surface area contributed by atoms with Crippen LogP contribution in [0.2, 0.25) is 0 Å². The summed E-state index contributed by atoms with van der Waals surface area (Å²) < 4.78 is 37.4. The molecule has 0 amide bonds. The van der Waals surface area contributed by atoms with Crippen LogP contribution in [-0.4, -0.2) is 16.2 Å². The fourth-order valence-corrected chi connectivity index (χ4v) is 2.51. The summed E-state index contributed by atoms with van der Waals surface area (Å²) in [6.45, 7) is 5.87. The third kappa shape index (κ3) is 4.21. The fraction of sp³-hybridized carbons (Fsp3) is 0.263. The molecular formula is C19H18F2N2O2. The summed E-state index contributed by atoms with van der Waals surface area (Å²) in [4.78, 5) is 4.30. The van der Waals surface area contributed by atoms with E-state index in [1.807, 2.05) is 39.0 Å². The van der Waals surface area contributed by atoms with Crippen LogP contribution in [0.1, 0.15) is 30.9 Å². The van der Waals surface area contributed by atoms with E-state index in [-0.39, 0.29) is 12.5 Å². The second-order valence-corrected chi connectivity index (χ2v) is 6.11. The van der Waals surface area contributed by atoms with Crippen LogP contribution in [-0.2, 0) is 6.42 Å². The van der Waals surface area contributed by atoms with Crippen LogP contribution in [0, 0.1) is 18.6 Å². The maximum Gasteiger partial charge on any atom is 0.231 e. The molecule has 0 unspecified atom stereocenters. The summed E-state index contributed by atoms with van der Waals surface area (Å²) in [6.07, 6.45) is 0.253. The number of halogens is 2. The van der Waals surface area contributed by atoms with Crippen molar-refractivity contribution in [2.45, 2.75) is 33.3 Å². The largest absolute Gasteiger partial charge is 0.491 e. The third-order valence-corrected chi connectivity index (χ3v) is 3.54. The molecule has 0 spiro atoms. The highest BCUT2D eigenvalue weighted by Gasteiger charge is 2.12. The summed E-state index contributed by atoms with van der Waals surface area (Å²) in [5.74, 6) is 0.251. The lowest BCUT2D eigenvalue weighted by Crippen LogP contribution is -2.06. The van der Waals surface area contributed by atoms with Gasteiger partial charge in [0.05, 0.1) is 12.5 Å². The fourth-order valence-electron chi connectivity index (χ4n) is 2.51. The Bertz CT molecular complexity index is 871. The van der Waals surface area contributed by atoms with Crippen molar-refractivity contribution in [1.82, 2.24) is 10.1 Å². The average molecular weight is 344 g/mol. The molecule has 0 aliphatic heterocycles. The summed E-state index contributed by atoms with van der Waals surface area (Å²) in [5, 5.41) is 3.94. The molecule has 0 bridgehead atoms. The van der Waals surface area contributed by atoms with Gasteiger partial charge in [-0.15, -0.1) is 0 Å². The van der Waals surface area contributed by atoms with E-state index in [2.05, 4.69) is 10.1 Å². The topological polar surface area (TPSA) is 48.2 Å². The molecule has 1 heterocycles. The van der Waals surface area contributed by atoms with Crippen LogP contribution in [0.3, 0.4) is 0 Å². The Balaban J connectivity index is 1.80. The molecule has 2 aromatic carbocycles. The number of ether oxygens (including phenoxy) is 1. The van der Waals surface area contributed by atoms with E-state index in [0.29, 0.717) is 17.3 Å². The molecule has 3 aromatic rings. The van der Waals surface area contributed by atoms with E-state index in [4.69, 9.17) is 9.26 Å². The van der Waals surface area contributed by atoms with Gasteiger partial charge in [-0.1, -0.05) is 5.16 Å². The lowest BCUT2D eigenvalue weighted by molar-refractivity contribution is 0.241. The molecule has 6 heteroatoms. The number of aryl methyl sites for hydroxylation is 1. The lowest BCUT2D eigenvalue weighted by Gasteiger charge is -2.12. The quantitative estimate of drug-likeness (QED) is 0.673. The lowest BCUT2D eigenvalue weighted by atomic mass is 10.1. The Hall–Kier alpha value is -2.76. The molecule has 0 aliphatic rings. The Morgan fingerprint density at radius 2 is 1.80 bits per heavy atom. The van der Waals surface area contributed by atoms with Crippen LogP contribution in [0.5, 0.6) is 5.75 Å². The number of hydrogen-bond donors (Lipinski definition) is 0. The van der Waals surface area contributed by atoms with Crippen molar-refractivity contribution in [3.63, 3.8) is 0 Å². The van der Waals surface area contributed by atoms with Crippen molar-refractivity contribution in [2.24, 2.45) is 0 Å². The molecule has 0 aliphatic carbocycles. The van der Waals surface area contributed by atoms with Gasteiger partial charge in [-0.05, 0) is 62.2 Å².